The van der Waals surface area contributed by atoms with E-state index < -0.39 is 0 Å². The molecule has 0 unspecified atom stereocenters. The monoisotopic (exact) mass is 354 g/mol. The van der Waals surface area contributed by atoms with Crippen molar-refractivity contribution in [1.82, 2.24) is 19.6 Å². The standard InChI is InChI=1S/C18H18N4O2S/c1-3-13-10-19-17-20-18(21-22(17)14(13)4-1)25-11-12-5-6-15-16(9-12)24-8-2-7-23-15/h5-6,9-10H,1-4,7-8,11H2. The molecule has 25 heavy (non-hydrogen) atoms. The summed E-state index contributed by atoms with van der Waals surface area (Å²) >= 11 is 1.62. The minimum atomic E-state index is 0.696. The maximum atomic E-state index is 5.76. The SMILES string of the molecule is c1cc2c(cc1CSc1nc3ncc4c(n3n1)CCC4)OCCCO2. The summed E-state index contributed by atoms with van der Waals surface area (Å²) in [6.45, 7) is 1.41. The van der Waals surface area contributed by atoms with Crippen molar-refractivity contribution in [3.63, 3.8) is 0 Å². The second-order valence-corrected chi connectivity index (χ2v) is 7.25. The predicted octanol–water partition coefficient (Wildman–Crippen LogP) is 3.07. The molecule has 0 amide bonds. The van der Waals surface area contributed by atoms with Gasteiger partial charge in [-0.1, -0.05) is 17.8 Å². The summed E-state index contributed by atoms with van der Waals surface area (Å²) in [5, 5.41) is 5.42. The molecule has 1 aliphatic heterocycles. The van der Waals surface area contributed by atoms with Crippen LogP contribution in [0.1, 0.15) is 29.7 Å². The van der Waals surface area contributed by atoms with Crippen molar-refractivity contribution in [3.05, 3.63) is 41.2 Å². The van der Waals surface area contributed by atoms with Crippen LogP contribution in [-0.2, 0) is 18.6 Å². The molecule has 0 radical (unpaired) electrons. The fourth-order valence-corrected chi connectivity index (χ4v) is 4.09. The van der Waals surface area contributed by atoms with E-state index in [0.717, 1.165) is 41.7 Å². The molecule has 0 saturated carbocycles. The lowest BCUT2D eigenvalue weighted by atomic mass is 10.2. The Balaban J connectivity index is 1.36. The molecule has 0 fully saturated rings. The normalized spacial score (nSPS) is 16.0. The molecular weight excluding hydrogens is 336 g/mol. The molecule has 0 atom stereocenters. The van der Waals surface area contributed by atoms with E-state index in [1.54, 1.807) is 11.8 Å². The van der Waals surface area contributed by atoms with Crippen molar-refractivity contribution in [2.24, 2.45) is 0 Å². The Bertz CT molecular complexity index is 940. The summed E-state index contributed by atoms with van der Waals surface area (Å²) in [4.78, 5) is 8.99. The topological polar surface area (TPSA) is 61.5 Å². The lowest BCUT2D eigenvalue weighted by molar-refractivity contribution is 0.297. The van der Waals surface area contributed by atoms with Gasteiger partial charge in [0.15, 0.2) is 11.5 Å². The Morgan fingerprint density at radius 2 is 2.00 bits per heavy atom. The van der Waals surface area contributed by atoms with E-state index in [0.29, 0.717) is 19.0 Å². The van der Waals surface area contributed by atoms with Gasteiger partial charge in [-0.15, -0.1) is 5.10 Å². The molecule has 128 valence electrons. The van der Waals surface area contributed by atoms with Crippen molar-refractivity contribution in [3.8, 4) is 11.5 Å². The smallest absolute Gasteiger partial charge is 0.253 e. The van der Waals surface area contributed by atoms with Gasteiger partial charge in [0.25, 0.3) is 5.78 Å². The van der Waals surface area contributed by atoms with Gasteiger partial charge in [0.2, 0.25) is 5.16 Å². The quantitative estimate of drug-likeness (QED) is 0.674. The molecule has 0 N–H and O–H groups in total. The molecular formula is C18H18N4O2S. The fraction of sp³-hybridized carbons (Fsp3) is 0.389. The number of ether oxygens (including phenoxy) is 2. The molecule has 0 bridgehead atoms. The zero-order valence-corrected chi connectivity index (χ0v) is 14.6. The van der Waals surface area contributed by atoms with Crippen molar-refractivity contribution in [2.75, 3.05) is 13.2 Å². The van der Waals surface area contributed by atoms with Gasteiger partial charge in [-0.2, -0.15) is 9.50 Å². The molecule has 2 aromatic heterocycles. The Labute approximate surface area is 149 Å². The number of hydrogen-bond acceptors (Lipinski definition) is 6. The average Bonchev–Trinajstić information content (AvgIpc) is 3.20. The van der Waals surface area contributed by atoms with E-state index >= 15 is 0 Å². The predicted molar refractivity (Wildman–Crippen MR) is 94.4 cm³/mol. The second-order valence-electron chi connectivity index (χ2n) is 6.31. The summed E-state index contributed by atoms with van der Waals surface area (Å²) in [5.41, 5.74) is 3.74. The van der Waals surface area contributed by atoms with Gasteiger partial charge in [0.05, 0.1) is 18.9 Å². The maximum Gasteiger partial charge on any atom is 0.253 e. The molecule has 1 aliphatic carbocycles. The second kappa shape index (κ2) is 6.22. The number of benzene rings is 1. The summed E-state index contributed by atoms with van der Waals surface area (Å²) in [5.74, 6) is 3.15. The zero-order valence-electron chi connectivity index (χ0n) is 13.8. The highest BCUT2D eigenvalue weighted by Crippen LogP contribution is 2.32. The first-order valence-corrected chi connectivity index (χ1v) is 9.60. The Morgan fingerprint density at radius 3 is 2.96 bits per heavy atom. The highest BCUT2D eigenvalue weighted by molar-refractivity contribution is 7.98. The molecule has 3 heterocycles. The van der Waals surface area contributed by atoms with Crippen LogP contribution in [0.15, 0.2) is 29.6 Å². The molecule has 2 aliphatic rings. The first-order valence-electron chi connectivity index (χ1n) is 8.62. The van der Waals surface area contributed by atoms with Crippen molar-refractivity contribution < 1.29 is 9.47 Å². The van der Waals surface area contributed by atoms with Crippen LogP contribution in [0.4, 0.5) is 0 Å². The van der Waals surface area contributed by atoms with Gasteiger partial charge in [-0.3, -0.25) is 0 Å². The van der Waals surface area contributed by atoms with Crippen molar-refractivity contribution in [2.45, 2.75) is 36.6 Å². The fourth-order valence-electron chi connectivity index (χ4n) is 3.32. The van der Waals surface area contributed by atoms with E-state index in [4.69, 9.17) is 9.47 Å². The van der Waals surface area contributed by atoms with Gasteiger partial charge in [0.1, 0.15) is 0 Å². The average molecular weight is 354 g/mol. The van der Waals surface area contributed by atoms with Crippen LogP contribution in [0.25, 0.3) is 5.78 Å². The molecule has 5 rings (SSSR count). The van der Waals surface area contributed by atoms with Crippen LogP contribution in [0.2, 0.25) is 0 Å². The van der Waals surface area contributed by atoms with Crippen LogP contribution in [0.5, 0.6) is 11.5 Å². The highest BCUT2D eigenvalue weighted by atomic mass is 32.2. The number of rotatable bonds is 3. The summed E-state index contributed by atoms with van der Waals surface area (Å²) in [6, 6.07) is 6.12. The van der Waals surface area contributed by atoms with Gasteiger partial charge >= 0.3 is 0 Å². The lowest BCUT2D eigenvalue weighted by Gasteiger charge is -2.08. The van der Waals surface area contributed by atoms with E-state index in [-0.39, 0.29) is 0 Å². The first-order chi connectivity index (χ1) is 12.4. The minimum absolute atomic E-state index is 0.696. The molecule has 0 saturated heterocycles. The Hall–Kier alpha value is -2.28. The third-order valence-corrected chi connectivity index (χ3v) is 5.48. The summed E-state index contributed by atoms with van der Waals surface area (Å²) < 4.78 is 13.4. The van der Waals surface area contributed by atoms with Crippen LogP contribution in [0, 0.1) is 0 Å². The molecule has 6 nitrogen and oxygen atoms in total. The largest absolute Gasteiger partial charge is 0.490 e. The molecule has 1 aromatic carbocycles. The van der Waals surface area contributed by atoms with Gasteiger partial charge in [-0.05, 0) is 42.5 Å². The lowest BCUT2D eigenvalue weighted by Crippen LogP contribution is -1.99. The van der Waals surface area contributed by atoms with E-state index in [1.807, 2.05) is 16.8 Å². The van der Waals surface area contributed by atoms with Crippen molar-refractivity contribution >= 4 is 17.5 Å². The van der Waals surface area contributed by atoms with Crippen molar-refractivity contribution in [1.29, 1.82) is 0 Å². The van der Waals surface area contributed by atoms with Crippen LogP contribution < -0.4 is 9.47 Å². The van der Waals surface area contributed by atoms with E-state index in [2.05, 4.69) is 27.2 Å². The minimum Gasteiger partial charge on any atom is -0.490 e. The van der Waals surface area contributed by atoms with Crippen LogP contribution in [-0.4, -0.2) is 32.8 Å². The maximum absolute atomic E-state index is 5.76. The number of hydrogen-bond donors (Lipinski definition) is 0. The third kappa shape index (κ3) is 2.82. The van der Waals surface area contributed by atoms with Crippen LogP contribution in [0.3, 0.4) is 0 Å². The number of thioether (sulfide) groups is 1. The van der Waals surface area contributed by atoms with Crippen LogP contribution >= 0.6 is 11.8 Å². The zero-order chi connectivity index (χ0) is 16.6. The number of fused-ring (bicyclic) bond motifs is 4. The van der Waals surface area contributed by atoms with E-state index in [1.165, 1.54) is 23.2 Å². The number of aryl methyl sites for hydroxylation is 2. The molecule has 3 aromatic rings. The van der Waals surface area contributed by atoms with Gasteiger partial charge in [-0.25, -0.2) is 4.98 Å². The summed E-state index contributed by atoms with van der Waals surface area (Å²) in [7, 11) is 0. The first kappa shape index (κ1) is 15.0. The summed E-state index contributed by atoms with van der Waals surface area (Å²) in [6.07, 6.45) is 6.20. The number of aromatic nitrogens is 4. The number of nitrogens with zero attached hydrogens (tertiary/aromatic N) is 4. The molecule has 0 spiro atoms. The highest BCUT2D eigenvalue weighted by Gasteiger charge is 2.18. The Kier molecular flexibility index (Phi) is 3.73. The van der Waals surface area contributed by atoms with Gasteiger partial charge in [0, 0.05) is 18.4 Å². The molecule has 7 heteroatoms. The van der Waals surface area contributed by atoms with E-state index in [9.17, 15) is 0 Å². The van der Waals surface area contributed by atoms with Gasteiger partial charge < -0.3 is 9.47 Å². The Morgan fingerprint density at radius 1 is 1.08 bits per heavy atom. The third-order valence-electron chi connectivity index (χ3n) is 4.57.